The van der Waals surface area contributed by atoms with Gasteiger partial charge in [-0.15, -0.1) is 0 Å². The topological polar surface area (TPSA) is 58.6 Å². The van der Waals surface area contributed by atoms with Crippen molar-refractivity contribution in [2.45, 2.75) is 25.3 Å². The molecule has 1 N–H and O–H groups in total. The first-order valence-corrected chi connectivity index (χ1v) is 9.83. The summed E-state index contributed by atoms with van der Waals surface area (Å²) in [6.45, 7) is 1.31. The predicted molar refractivity (Wildman–Crippen MR) is 109 cm³/mol. The van der Waals surface area contributed by atoms with Crippen molar-refractivity contribution < 1.29 is 14.3 Å². The second-order valence-electron chi connectivity index (χ2n) is 7.25. The van der Waals surface area contributed by atoms with Gasteiger partial charge in [0, 0.05) is 26.1 Å². The van der Waals surface area contributed by atoms with Gasteiger partial charge >= 0.3 is 0 Å². The summed E-state index contributed by atoms with van der Waals surface area (Å²) in [7, 11) is 1.52. The van der Waals surface area contributed by atoms with E-state index in [-0.39, 0.29) is 30.4 Å². The Labute approximate surface area is 166 Å². The molecule has 5 nitrogen and oxygen atoms in total. The third kappa shape index (κ3) is 5.42. The van der Waals surface area contributed by atoms with Gasteiger partial charge in [0.1, 0.15) is 6.61 Å². The van der Waals surface area contributed by atoms with Crippen LogP contribution in [-0.4, -0.2) is 43.5 Å². The fourth-order valence-corrected chi connectivity index (χ4v) is 3.68. The Morgan fingerprint density at radius 3 is 2.25 bits per heavy atom. The van der Waals surface area contributed by atoms with E-state index in [1.165, 1.54) is 12.7 Å². The quantitative estimate of drug-likeness (QED) is 0.803. The van der Waals surface area contributed by atoms with E-state index in [1.54, 1.807) is 4.90 Å². The fraction of sp³-hybridized carbons (Fsp3) is 0.391. The predicted octanol–water partition coefficient (Wildman–Crippen LogP) is 2.97. The van der Waals surface area contributed by atoms with Crippen LogP contribution < -0.4 is 5.32 Å². The number of nitrogens with one attached hydrogen (secondary N) is 1. The van der Waals surface area contributed by atoms with E-state index in [2.05, 4.69) is 29.6 Å². The van der Waals surface area contributed by atoms with E-state index in [1.807, 2.05) is 36.4 Å². The molecule has 0 radical (unpaired) electrons. The Bertz CT molecular complexity index is 756. The molecule has 5 heteroatoms. The van der Waals surface area contributed by atoms with Crippen molar-refractivity contribution in [3.63, 3.8) is 0 Å². The van der Waals surface area contributed by atoms with E-state index >= 15 is 0 Å². The van der Waals surface area contributed by atoms with Gasteiger partial charge in [0.25, 0.3) is 0 Å². The monoisotopic (exact) mass is 380 g/mol. The molecule has 0 spiro atoms. The molecule has 1 fully saturated rings. The molecule has 3 rings (SSSR count). The lowest BCUT2D eigenvalue weighted by atomic mass is 9.93. The van der Waals surface area contributed by atoms with Crippen molar-refractivity contribution in [1.82, 2.24) is 10.2 Å². The van der Waals surface area contributed by atoms with Gasteiger partial charge in [-0.05, 0) is 30.4 Å². The first-order chi connectivity index (χ1) is 13.7. The second kappa shape index (κ2) is 10.0. The lowest BCUT2D eigenvalue weighted by Gasteiger charge is -2.32. The van der Waals surface area contributed by atoms with Gasteiger partial charge in [-0.1, -0.05) is 60.7 Å². The first kappa shape index (κ1) is 20.1. The van der Waals surface area contributed by atoms with Crippen molar-refractivity contribution in [3.05, 3.63) is 71.8 Å². The van der Waals surface area contributed by atoms with Crippen LogP contribution in [-0.2, 0) is 20.7 Å². The smallest absolute Gasteiger partial charge is 0.248 e. The van der Waals surface area contributed by atoms with Crippen molar-refractivity contribution in [1.29, 1.82) is 0 Å². The highest BCUT2D eigenvalue weighted by atomic mass is 16.5. The lowest BCUT2D eigenvalue weighted by molar-refractivity contribution is -0.138. The third-order valence-corrected chi connectivity index (χ3v) is 5.29. The number of piperidine rings is 1. The van der Waals surface area contributed by atoms with Crippen molar-refractivity contribution in [2.75, 3.05) is 26.8 Å². The van der Waals surface area contributed by atoms with Gasteiger partial charge in [0.2, 0.25) is 11.8 Å². The maximum absolute atomic E-state index is 12.9. The summed E-state index contributed by atoms with van der Waals surface area (Å²) in [6, 6.07) is 20.2. The largest absolute Gasteiger partial charge is 0.375 e. The number of rotatable bonds is 7. The van der Waals surface area contributed by atoms with Crippen molar-refractivity contribution >= 4 is 11.8 Å². The molecular weight excluding hydrogens is 352 g/mol. The number of hydrogen-bond acceptors (Lipinski definition) is 3. The zero-order chi connectivity index (χ0) is 19.8. The molecule has 0 aliphatic carbocycles. The van der Waals surface area contributed by atoms with Gasteiger partial charge in [-0.2, -0.15) is 0 Å². The summed E-state index contributed by atoms with van der Waals surface area (Å²) in [5.41, 5.74) is 2.30. The normalized spacial score (nSPS) is 15.8. The van der Waals surface area contributed by atoms with Gasteiger partial charge in [-0.3, -0.25) is 9.59 Å². The maximum atomic E-state index is 12.9. The summed E-state index contributed by atoms with van der Waals surface area (Å²) in [4.78, 5) is 26.7. The van der Waals surface area contributed by atoms with E-state index in [4.69, 9.17) is 4.74 Å². The van der Waals surface area contributed by atoms with Crippen LogP contribution in [0.3, 0.4) is 0 Å². The highest BCUT2D eigenvalue weighted by Crippen LogP contribution is 2.22. The van der Waals surface area contributed by atoms with E-state index in [0.717, 1.165) is 12.0 Å². The zero-order valence-electron chi connectivity index (χ0n) is 16.3. The molecule has 0 bridgehead atoms. The molecule has 1 aliphatic heterocycles. The average molecular weight is 380 g/mol. The summed E-state index contributed by atoms with van der Waals surface area (Å²) in [6.07, 6.45) is 2.13. The molecule has 2 amide bonds. The molecule has 1 saturated heterocycles. The van der Waals surface area contributed by atoms with Crippen LogP contribution in [0.15, 0.2) is 60.7 Å². The Morgan fingerprint density at radius 1 is 1.04 bits per heavy atom. The van der Waals surface area contributed by atoms with E-state index < -0.39 is 0 Å². The van der Waals surface area contributed by atoms with E-state index in [9.17, 15) is 9.59 Å². The molecule has 1 aliphatic rings. The van der Waals surface area contributed by atoms with Crippen LogP contribution in [0, 0.1) is 5.92 Å². The number of methoxy groups -OCH3 is 1. The second-order valence-corrected chi connectivity index (χ2v) is 7.25. The van der Waals surface area contributed by atoms with Crippen LogP contribution in [0.5, 0.6) is 0 Å². The van der Waals surface area contributed by atoms with Crippen LogP contribution in [0.1, 0.15) is 30.0 Å². The average Bonchev–Trinajstić information content (AvgIpc) is 2.75. The molecule has 2 aromatic rings. The molecule has 1 atom stereocenters. The van der Waals surface area contributed by atoms with Gasteiger partial charge in [0.05, 0.1) is 6.04 Å². The number of carbonyl (C=O) groups is 2. The molecule has 1 heterocycles. The molecule has 148 valence electrons. The van der Waals surface area contributed by atoms with Crippen LogP contribution in [0.25, 0.3) is 0 Å². The number of ether oxygens (including phenoxy) is 1. The zero-order valence-corrected chi connectivity index (χ0v) is 16.3. The van der Waals surface area contributed by atoms with Gasteiger partial charge in [-0.25, -0.2) is 0 Å². The summed E-state index contributed by atoms with van der Waals surface area (Å²) < 4.78 is 4.92. The minimum Gasteiger partial charge on any atom is -0.375 e. The highest BCUT2D eigenvalue weighted by Gasteiger charge is 2.28. The van der Waals surface area contributed by atoms with Crippen LogP contribution >= 0.6 is 0 Å². The Kier molecular flexibility index (Phi) is 7.20. The Balaban J connectivity index is 1.62. The molecular formula is C23H28N2O3. The molecule has 0 aromatic heterocycles. The number of hydrogen-bond donors (Lipinski definition) is 1. The number of carbonyl (C=O) groups excluding carboxylic acids is 2. The van der Waals surface area contributed by atoms with Crippen molar-refractivity contribution in [2.24, 2.45) is 5.92 Å². The molecule has 2 aromatic carbocycles. The first-order valence-electron chi connectivity index (χ1n) is 9.83. The minimum atomic E-state index is -0.0655. The summed E-state index contributed by atoms with van der Waals surface area (Å²) >= 11 is 0. The van der Waals surface area contributed by atoms with Gasteiger partial charge < -0.3 is 15.0 Å². The number of nitrogens with zero attached hydrogens (tertiary/aromatic N) is 1. The Hall–Kier alpha value is -2.66. The highest BCUT2D eigenvalue weighted by molar-refractivity contribution is 5.80. The van der Waals surface area contributed by atoms with Crippen molar-refractivity contribution in [3.8, 4) is 0 Å². The molecule has 28 heavy (non-hydrogen) atoms. The number of amides is 2. The maximum Gasteiger partial charge on any atom is 0.248 e. The molecule has 1 unspecified atom stereocenters. The van der Waals surface area contributed by atoms with Crippen LogP contribution in [0.4, 0.5) is 0 Å². The Morgan fingerprint density at radius 2 is 1.64 bits per heavy atom. The number of benzene rings is 2. The lowest BCUT2D eigenvalue weighted by Crippen LogP contribution is -2.44. The SMILES string of the molecule is COCC(=O)N1CCC(C(=O)NC(Cc2ccccc2)c2ccccc2)CC1. The number of likely N-dealkylation sites (tertiary alicyclic amines) is 1. The van der Waals surface area contributed by atoms with E-state index in [0.29, 0.717) is 25.9 Å². The van der Waals surface area contributed by atoms with Crippen LogP contribution in [0.2, 0.25) is 0 Å². The fourth-order valence-electron chi connectivity index (χ4n) is 3.68. The standard InChI is InChI=1S/C23H28N2O3/c1-28-17-22(26)25-14-12-20(13-15-25)23(27)24-21(19-10-6-3-7-11-19)16-18-8-4-2-5-9-18/h2-11,20-21H,12-17H2,1H3,(H,24,27). The summed E-state index contributed by atoms with van der Waals surface area (Å²) in [5.74, 6) is 0.00445. The third-order valence-electron chi connectivity index (χ3n) is 5.29. The summed E-state index contributed by atoms with van der Waals surface area (Å²) in [5, 5.41) is 3.25. The molecule has 0 saturated carbocycles. The minimum absolute atomic E-state index is 0.00685. The van der Waals surface area contributed by atoms with Gasteiger partial charge in [0.15, 0.2) is 0 Å².